The molecule has 0 bridgehead atoms. The lowest BCUT2D eigenvalue weighted by atomic mass is 10.2. The molecule has 0 aliphatic carbocycles. The normalized spacial score (nSPS) is 10.3. The summed E-state index contributed by atoms with van der Waals surface area (Å²) in [7, 11) is 1.51. The molecule has 0 spiro atoms. The molecular weight excluding hydrogens is 272 g/mol. The molecule has 2 heterocycles. The lowest BCUT2D eigenvalue weighted by Crippen LogP contribution is -2.30. The number of nitrogens with zero attached hydrogens (tertiary/aromatic N) is 3. The lowest BCUT2D eigenvalue weighted by molar-refractivity contribution is 0.0959. The number of rotatable bonds is 4. The predicted octanol–water partition coefficient (Wildman–Crippen LogP) is 1.12. The molecule has 0 atom stereocenters. The van der Waals surface area contributed by atoms with Gasteiger partial charge in [0, 0.05) is 0 Å². The van der Waals surface area contributed by atoms with Crippen molar-refractivity contribution in [1.29, 1.82) is 0 Å². The maximum Gasteiger partial charge on any atom is 0.273 e. The zero-order chi connectivity index (χ0) is 14.7. The summed E-state index contributed by atoms with van der Waals surface area (Å²) in [5, 5.41) is 0. The summed E-state index contributed by atoms with van der Waals surface area (Å²) in [6.07, 6.45) is 2.87. The number of para-hydroxylation sites is 1. The van der Waals surface area contributed by atoms with E-state index in [0.717, 1.165) is 0 Å². The summed E-state index contributed by atoms with van der Waals surface area (Å²) < 4.78 is 5.15. The molecule has 3 rings (SSSR count). The Morgan fingerprint density at radius 1 is 1.24 bits per heavy atom. The van der Waals surface area contributed by atoms with Gasteiger partial charge in [0.05, 0.1) is 19.0 Å². The first kappa shape index (κ1) is 12.9. The molecule has 3 N–H and O–H groups in total. The Balaban J connectivity index is 1.78. The Hall–Kier alpha value is -3.16. The highest BCUT2D eigenvalue weighted by Crippen LogP contribution is 2.17. The first-order chi connectivity index (χ1) is 10.3. The molecule has 106 valence electrons. The fourth-order valence-electron chi connectivity index (χ4n) is 1.88. The van der Waals surface area contributed by atoms with Crippen molar-refractivity contribution in [3.05, 3.63) is 42.5 Å². The van der Waals surface area contributed by atoms with Crippen molar-refractivity contribution in [3.8, 4) is 5.75 Å². The number of hydrazine groups is 1. The third-order valence-corrected chi connectivity index (χ3v) is 2.87. The second-order valence-electron chi connectivity index (χ2n) is 4.10. The van der Waals surface area contributed by atoms with E-state index in [-0.39, 0.29) is 5.91 Å². The SMILES string of the molecule is COc1ccccc1C(=O)NNc1ncnc2nc[nH]c12. The number of aromatic nitrogens is 4. The number of ether oxygens (including phenoxy) is 1. The third-order valence-electron chi connectivity index (χ3n) is 2.87. The fourth-order valence-corrected chi connectivity index (χ4v) is 1.88. The lowest BCUT2D eigenvalue weighted by Gasteiger charge is -2.10. The number of anilines is 1. The molecule has 21 heavy (non-hydrogen) atoms. The second kappa shape index (κ2) is 5.45. The van der Waals surface area contributed by atoms with Crippen LogP contribution in [-0.4, -0.2) is 33.0 Å². The first-order valence-electron chi connectivity index (χ1n) is 6.13. The molecule has 0 aliphatic rings. The Morgan fingerprint density at radius 3 is 2.95 bits per heavy atom. The van der Waals surface area contributed by atoms with Crippen LogP contribution in [0.4, 0.5) is 5.82 Å². The number of nitrogens with one attached hydrogen (secondary N) is 3. The number of amides is 1. The zero-order valence-corrected chi connectivity index (χ0v) is 11.1. The van der Waals surface area contributed by atoms with E-state index in [0.29, 0.717) is 28.3 Å². The Labute approximate surface area is 119 Å². The van der Waals surface area contributed by atoms with Gasteiger partial charge in [-0.15, -0.1) is 0 Å². The van der Waals surface area contributed by atoms with Gasteiger partial charge in [-0.1, -0.05) is 12.1 Å². The second-order valence-corrected chi connectivity index (χ2v) is 4.10. The van der Waals surface area contributed by atoms with Gasteiger partial charge in [-0.05, 0) is 12.1 Å². The minimum absolute atomic E-state index is 0.335. The van der Waals surface area contributed by atoms with Crippen molar-refractivity contribution >= 4 is 22.9 Å². The van der Waals surface area contributed by atoms with Crippen LogP contribution in [0.2, 0.25) is 0 Å². The smallest absolute Gasteiger partial charge is 0.273 e. The van der Waals surface area contributed by atoms with Crippen LogP contribution >= 0.6 is 0 Å². The van der Waals surface area contributed by atoms with Crippen LogP contribution in [0, 0.1) is 0 Å². The average Bonchev–Trinajstić information content (AvgIpc) is 3.01. The molecule has 8 nitrogen and oxygen atoms in total. The van der Waals surface area contributed by atoms with E-state index in [1.807, 2.05) is 0 Å². The summed E-state index contributed by atoms with van der Waals surface area (Å²) in [6.45, 7) is 0. The molecule has 1 amide bonds. The maximum absolute atomic E-state index is 12.1. The van der Waals surface area contributed by atoms with Crippen LogP contribution in [0.3, 0.4) is 0 Å². The van der Waals surface area contributed by atoms with Crippen molar-refractivity contribution in [3.63, 3.8) is 0 Å². The number of carbonyl (C=O) groups is 1. The van der Waals surface area contributed by atoms with Crippen molar-refractivity contribution in [2.24, 2.45) is 0 Å². The molecule has 3 aromatic rings. The largest absolute Gasteiger partial charge is 0.496 e. The number of methoxy groups -OCH3 is 1. The number of aromatic amines is 1. The van der Waals surface area contributed by atoms with E-state index in [2.05, 4.69) is 30.8 Å². The number of imidazole rings is 1. The van der Waals surface area contributed by atoms with E-state index in [1.54, 1.807) is 24.3 Å². The Bertz CT molecular complexity index is 785. The first-order valence-corrected chi connectivity index (χ1v) is 6.13. The minimum atomic E-state index is -0.335. The monoisotopic (exact) mass is 284 g/mol. The molecule has 8 heteroatoms. The highest BCUT2D eigenvalue weighted by atomic mass is 16.5. The van der Waals surface area contributed by atoms with Crippen molar-refractivity contribution in [2.75, 3.05) is 12.5 Å². The molecule has 0 unspecified atom stereocenters. The van der Waals surface area contributed by atoms with Crippen LogP contribution in [0.5, 0.6) is 5.75 Å². The van der Waals surface area contributed by atoms with E-state index < -0.39 is 0 Å². The average molecular weight is 284 g/mol. The highest BCUT2D eigenvalue weighted by molar-refractivity contribution is 5.98. The highest BCUT2D eigenvalue weighted by Gasteiger charge is 2.12. The van der Waals surface area contributed by atoms with Crippen molar-refractivity contribution < 1.29 is 9.53 Å². The number of H-pyrrole nitrogens is 1. The number of benzene rings is 1. The van der Waals surface area contributed by atoms with Gasteiger partial charge in [0.1, 0.15) is 17.6 Å². The van der Waals surface area contributed by atoms with Gasteiger partial charge in [-0.3, -0.25) is 15.6 Å². The molecule has 0 saturated heterocycles. The maximum atomic E-state index is 12.1. The zero-order valence-electron chi connectivity index (χ0n) is 11.1. The molecule has 0 saturated carbocycles. The minimum Gasteiger partial charge on any atom is -0.496 e. The van der Waals surface area contributed by atoms with Crippen LogP contribution in [-0.2, 0) is 0 Å². The van der Waals surface area contributed by atoms with E-state index >= 15 is 0 Å². The van der Waals surface area contributed by atoms with Gasteiger partial charge in [-0.2, -0.15) is 0 Å². The number of hydrogen-bond acceptors (Lipinski definition) is 6. The number of carbonyl (C=O) groups excluding carboxylic acids is 1. The van der Waals surface area contributed by atoms with Gasteiger partial charge in [-0.25, -0.2) is 15.0 Å². The predicted molar refractivity (Wildman–Crippen MR) is 75.8 cm³/mol. The van der Waals surface area contributed by atoms with Gasteiger partial charge < -0.3 is 9.72 Å². The van der Waals surface area contributed by atoms with Crippen LogP contribution in [0.15, 0.2) is 36.9 Å². The number of hydrogen-bond donors (Lipinski definition) is 3. The standard InChI is InChI=1S/C13H12N6O2/c1-21-9-5-3-2-4-8(9)13(20)19-18-12-10-11(15-6-14-10)16-7-17-12/h2-7H,1H3,(H,19,20)(H2,14,15,16,17,18). The quantitative estimate of drug-likeness (QED) is 0.620. The number of fused-ring (bicyclic) bond motifs is 1. The summed E-state index contributed by atoms with van der Waals surface area (Å²) >= 11 is 0. The fraction of sp³-hybridized carbons (Fsp3) is 0.0769. The topological polar surface area (TPSA) is 105 Å². The van der Waals surface area contributed by atoms with Crippen molar-refractivity contribution in [2.45, 2.75) is 0 Å². The van der Waals surface area contributed by atoms with Gasteiger partial charge >= 0.3 is 0 Å². The van der Waals surface area contributed by atoms with E-state index in [9.17, 15) is 4.79 Å². The van der Waals surface area contributed by atoms with Gasteiger partial charge in [0.25, 0.3) is 5.91 Å². The molecule has 1 aromatic carbocycles. The summed E-state index contributed by atoms with van der Waals surface area (Å²) in [4.78, 5) is 27.1. The van der Waals surface area contributed by atoms with E-state index in [4.69, 9.17) is 4.74 Å². The Kier molecular flexibility index (Phi) is 3.34. The third kappa shape index (κ3) is 2.46. The molecule has 0 aliphatic heterocycles. The van der Waals surface area contributed by atoms with Crippen LogP contribution in [0.1, 0.15) is 10.4 Å². The van der Waals surface area contributed by atoms with Gasteiger partial charge in [0.2, 0.25) is 0 Å². The van der Waals surface area contributed by atoms with Crippen LogP contribution < -0.4 is 15.6 Å². The van der Waals surface area contributed by atoms with E-state index in [1.165, 1.54) is 19.8 Å². The molecule has 2 aromatic heterocycles. The molecule has 0 fully saturated rings. The Morgan fingerprint density at radius 2 is 2.10 bits per heavy atom. The summed E-state index contributed by atoms with van der Waals surface area (Å²) in [6, 6.07) is 6.94. The summed E-state index contributed by atoms with van der Waals surface area (Å²) in [5.74, 6) is 0.589. The molecule has 0 radical (unpaired) electrons. The van der Waals surface area contributed by atoms with Gasteiger partial charge in [0.15, 0.2) is 11.5 Å². The van der Waals surface area contributed by atoms with Crippen molar-refractivity contribution in [1.82, 2.24) is 25.4 Å². The van der Waals surface area contributed by atoms with Crippen LogP contribution in [0.25, 0.3) is 11.2 Å². The molecular formula is C13H12N6O2. The summed E-state index contributed by atoms with van der Waals surface area (Å²) in [5.41, 5.74) is 6.85.